The van der Waals surface area contributed by atoms with Crippen LogP contribution in [0.1, 0.15) is 55.4 Å². The monoisotopic (exact) mass is 256 g/mol. The van der Waals surface area contributed by atoms with Crippen molar-refractivity contribution in [2.24, 2.45) is 23.7 Å². The number of rotatable bonds is 4. The summed E-state index contributed by atoms with van der Waals surface area (Å²) in [5.74, 6) is 2.03. The van der Waals surface area contributed by atoms with Gasteiger partial charge < -0.3 is 9.47 Å². The van der Waals surface area contributed by atoms with Gasteiger partial charge in [-0.15, -0.1) is 0 Å². The molecule has 1 heterocycles. The average Bonchev–Trinajstić information content (AvgIpc) is 2.26. The standard InChI is InChI=1S/C16H32O2/c1-9(2)13-14(10(3)4)18-16(12(7)8)15(17-13)11(5)6/h9-16H,1-8H3. The molecule has 0 aliphatic carbocycles. The maximum atomic E-state index is 6.43. The molecule has 2 nitrogen and oxygen atoms in total. The Hall–Kier alpha value is -0.0800. The van der Waals surface area contributed by atoms with Crippen molar-refractivity contribution < 1.29 is 9.47 Å². The fourth-order valence-electron chi connectivity index (χ4n) is 2.82. The van der Waals surface area contributed by atoms with E-state index in [1.54, 1.807) is 0 Å². The first-order valence-corrected chi connectivity index (χ1v) is 7.56. The van der Waals surface area contributed by atoms with Crippen molar-refractivity contribution in [1.82, 2.24) is 0 Å². The molecule has 1 rings (SSSR count). The van der Waals surface area contributed by atoms with E-state index in [0.29, 0.717) is 23.7 Å². The summed E-state index contributed by atoms with van der Waals surface area (Å²) in [5, 5.41) is 0. The zero-order chi connectivity index (χ0) is 14.0. The highest BCUT2D eigenvalue weighted by Gasteiger charge is 2.43. The summed E-state index contributed by atoms with van der Waals surface area (Å²) in [7, 11) is 0. The highest BCUT2D eigenvalue weighted by molar-refractivity contribution is 4.89. The van der Waals surface area contributed by atoms with Crippen LogP contribution in [-0.4, -0.2) is 24.4 Å². The van der Waals surface area contributed by atoms with E-state index >= 15 is 0 Å². The second-order valence-electron chi connectivity index (χ2n) is 7.11. The molecule has 18 heavy (non-hydrogen) atoms. The van der Waals surface area contributed by atoms with Gasteiger partial charge in [0.05, 0.1) is 24.4 Å². The number of hydrogen-bond donors (Lipinski definition) is 0. The van der Waals surface area contributed by atoms with Crippen molar-refractivity contribution in [2.75, 3.05) is 0 Å². The lowest BCUT2D eigenvalue weighted by molar-refractivity contribution is -0.260. The van der Waals surface area contributed by atoms with Crippen molar-refractivity contribution in [3.63, 3.8) is 0 Å². The van der Waals surface area contributed by atoms with E-state index in [2.05, 4.69) is 55.4 Å². The summed E-state index contributed by atoms with van der Waals surface area (Å²) >= 11 is 0. The Morgan fingerprint density at radius 3 is 0.722 bits per heavy atom. The molecule has 0 aromatic carbocycles. The molecule has 0 radical (unpaired) electrons. The largest absolute Gasteiger partial charge is 0.369 e. The molecule has 1 aliphatic heterocycles. The summed E-state index contributed by atoms with van der Waals surface area (Å²) in [6, 6.07) is 0. The fraction of sp³-hybridized carbons (Fsp3) is 1.00. The Morgan fingerprint density at radius 2 is 0.611 bits per heavy atom. The predicted octanol–water partition coefficient (Wildman–Crippen LogP) is 4.13. The minimum Gasteiger partial charge on any atom is -0.369 e. The Kier molecular flexibility index (Phi) is 5.67. The van der Waals surface area contributed by atoms with Crippen molar-refractivity contribution in [3.05, 3.63) is 0 Å². The molecule has 0 amide bonds. The third kappa shape index (κ3) is 3.48. The summed E-state index contributed by atoms with van der Waals surface area (Å²) in [6.45, 7) is 17.9. The van der Waals surface area contributed by atoms with E-state index < -0.39 is 0 Å². The van der Waals surface area contributed by atoms with Crippen LogP contribution >= 0.6 is 0 Å². The van der Waals surface area contributed by atoms with Gasteiger partial charge in [-0.05, 0) is 23.7 Å². The van der Waals surface area contributed by atoms with Gasteiger partial charge in [0.2, 0.25) is 0 Å². The van der Waals surface area contributed by atoms with Gasteiger partial charge in [-0.25, -0.2) is 0 Å². The Morgan fingerprint density at radius 1 is 0.444 bits per heavy atom. The van der Waals surface area contributed by atoms with Gasteiger partial charge in [0.1, 0.15) is 0 Å². The molecule has 2 heteroatoms. The van der Waals surface area contributed by atoms with Gasteiger partial charge in [-0.1, -0.05) is 55.4 Å². The lowest BCUT2D eigenvalue weighted by Crippen LogP contribution is -2.56. The summed E-state index contributed by atoms with van der Waals surface area (Å²) < 4.78 is 12.9. The number of ether oxygens (including phenoxy) is 2. The van der Waals surface area contributed by atoms with Gasteiger partial charge in [-0.2, -0.15) is 0 Å². The molecule has 1 saturated heterocycles. The SMILES string of the molecule is CC(C)C1OC(C(C)C)C(C(C)C)OC1C(C)C. The van der Waals surface area contributed by atoms with E-state index in [1.807, 2.05) is 0 Å². The van der Waals surface area contributed by atoms with Crippen LogP contribution in [0.5, 0.6) is 0 Å². The maximum absolute atomic E-state index is 6.43. The smallest absolute Gasteiger partial charge is 0.0867 e. The molecule has 0 aromatic heterocycles. The first-order valence-electron chi connectivity index (χ1n) is 7.56. The quantitative estimate of drug-likeness (QED) is 0.753. The van der Waals surface area contributed by atoms with Crippen LogP contribution in [0.4, 0.5) is 0 Å². The molecule has 4 unspecified atom stereocenters. The first-order chi connectivity index (χ1) is 8.25. The third-order valence-corrected chi connectivity index (χ3v) is 3.90. The van der Waals surface area contributed by atoms with Crippen LogP contribution < -0.4 is 0 Å². The van der Waals surface area contributed by atoms with Gasteiger partial charge in [-0.3, -0.25) is 0 Å². The fourth-order valence-corrected chi connectivity index (χ4v) is 2.82. The predicted molar refractivity (Wildman–Crippen MR) is 76.7 cm³/mol. The molecule has 0 N–H and O–H groups in total. The van der Waals surface area contributed by atoms with Gasteiger partial charge >= 0.3 is 0 Å². The van der Waals surface area contributed by atoms with Crippen molar-refractivity contribution in [1.29, 1.82) is 0 Å². The van der Waals surface area contributed by atoms with Crippen LogP contribution in [0.3, 0.4) is 0 Å². The van der Waals surface area contributed by atoms with E-state index in [0.717, 1.165) is 0 Å². The zero-order valence-electron chi connectivity index (χ0n) is 13.4. The van der Waals surface area contributed by atoms with E-state index in [1.165, 1.54) is 0 Å². The zero-order valence-corrected chi connectivity index (χ0v) is 13.4. The van der Waals surface area contributed by atoms with E-state index in [9.17, 15) is 0 Å². The second kappa shape index (κ2) is 6.38. The molecule has 1 aliphatic rings. The first kappa shape index (κ1) is 16.0. The van der Waals surface area contributed by atoms with E-state index in [4.69, 9.17) is 9.47 Å². The highest BCUT2D eigenvalue weighted by atomic mass is 16.6. The van der Waals surface area contributed by atoms with Crippen LogP contribution in [0.15, 0.2) is 0 Å². The van der Waals surface area contributed by atoms with Crippen molar-refractivity contribution >= 4 is 0 Å². The Labute approximate surface area is 113 Å². The molecular weight excluding hydrogens is 224 g/mol. The maximum Gasteiger partial charge on any atom is 0.0867 e. The summed E-state index contributed by atoms with van der Waals surface area (Å²) in [6.07, 6.45) is 0.916. The molecule has 4 atom stereocenters. The van der Waals surface area contributed by atoms with Gasteiger partial charge in [0.15, 0.2) is 0 Å². The number of hydrogen-bond acceptors (Lipinski definition) is 2. The highest BCUT2D eigenvalue weighted by Crippen LogP contribution is 2.34. The summed E-state index contributed by atoms with van der Waals surface area (Å²) in [5.41, 5.74) is 0. The van der Waals surface area contributed by atoms with Gasteiger partial charge in [0.25, 0.3) is 0 Å². The molecule has 108 valence electrons. The van der Waals surface area contributed by atoms with Gasteiger partial charge in [0, 0.05) is 0 Å². The van der Waals surface area contributed by atoms with E-state index in [-0.39, 0.29) is 24.4 Å². The van der Waals surface area contributed by atoms with Crippen molar-refractivity contribution in [3.8, 4) is 0 Å². The average molecular weight is 256 g/mol. The van der Waals surface area contributed by atoms with Crippen LogP contribution in [-0.2, 0) is 9.47 Å². The molecular formula is C16H32O2. The lowest BCUT2D eigenvalue weighted by atomic mass is 9.86. The third-order valence-electron chi connectivity index (χ3n) is 3.90. The van der Waals surface area contributed by atoms with Crippen LogP contribution in [0.2, 0.25) is 0 Å². The Bertz CT molecular complexity index is 195. The normalized spacial score (nSPS) is 34.0. The van der Waals surface area contributed by atoms with Crippen LogP contribution in [0, 0.1) is 23.7 Å². The molecule has 0 spiro atoms. The lowest BCUT2D eigenvalue weighted by Gasteiger charge is -2.47. The molecule has 1 fully saturated rings. The Balaban J connectivity index is 2.91. The molecule has 0 aromatic rings. The van der Waals surface area contributed by atoms with Crippen LogP contribution in [0.25, 0.3) is 0 Å². The van der Waals surface area contributed by atoms with Crippen molar-refractivity contribution in [2.45, 2.75) is 79.8 Å². The molecule has 0 saturated carbocycles. The minimum atomic E-state index is 0.229. The minimum absolute atomic E-state index is 0.229. The topological polar surface area (TPSA) is 18.5 Å². The molecule has 0 bridgehead atoms. The second-order valence-corrected chi connectivity index (χ2v) is 7.11. The summed E-state index contributed by atoms with van der Waals surface area (Å²) in [4.78, 5) is 0.